The summed E-state index contributed by atoms with van der Waals surface area (Å²) in [5, 5.41) is 9.63. The van der Waals surface area contributed by atoms with Crippen molar-refractivity contribution in [1.29, 1.82) is 0 Å². The second kappa shape index (κ2) is 5.27. The fraction of sp³-hybridized carbons (Fsp3) is 0.250. The van der Waals surface area contributed by atoms with Gasteiger partial charge in [-0.25, -0.2) is 9.97 Å². The van der Waals surface area contributed by atoms with Crippen LogP contribution < -0.4 is 4.90 Å². The Morgan fingerprint density at radius 2 is 2.04 bits per heavy atom. The van der Waals surface area contributed by atoms with Crippen molar-refractivity contribution in [3.63, 3.8) is 0 Å². The van der Waals surface area contributed by atoms with Gasteiger partial charge in [0.1, 0.15) is 17.0 Å². The average molecular weight is 324 g/mol. The minimum absolute atomic E-state index is 0.631. The van der Waals surface area contributed by atoms with Gasteiger partial charge in [0.05, 0.1) is 11.9 Å². The first-order valence-electron chi connectivity index (χ1n) is 7.35. The molecule has 0 N–H and O–H groups in total. The van der Waals surface area contributed by atoms with Gasteiger partial charge in [0.2, 0.25) is 0 Å². The molecule has 0 amide bonds. The molecule has 7 heteroatoms. The molecular weight excluding hydrogens is 308 g/mol. The van der Waals surface area contributed by atoms with Crippen LogP contribution in [0.4, 0.5) is 5.82 Å². The van der Waals surface area contributed by atoms with Crippen LogP contribution in [0.15, 0.2) is 30.7 Å². The maximum Gasteiger partial charge on any atom is 0.160 e. The summed E-state index contributed by atoms with van der Waals surface area (Å²) < 4.78 is 2.00. The van der Waals surface area contributed by atoms with Gasteiger partial charge in [-0.05, 0) is 31.5 Å². The molecule has 0 unspecified atom stereocenters. The predicted molar refractivity (Wildman–Crippen MR) is 92.0 cm³/mol. The first-order valence-corrected chi connectivity index (χ1v) is 8.17. The van der Waals surface area contributed by atoms with Crippen LogP contribution >= 0.6 is 11.3 Å². The van der Waals surface area contributed by atoms with Crippen molar-refractivity contribution in [3.8, 4) is 0 Å². The summed E-state index contributed by atoms with van der Waals surface area (Å²) in [5.41, 5.74) is 2.10. The third-order valence-electron chi connectivity index (χ3n) is 4.07. The smallest absolute Gasteiger partial charge is 0.160 e. The van der Waals surface area contributed by atoms with Crippen molar-refractivity contribution in [1.82, 2.24) is 24.6 Å². The van der Waals surface area contributed by atoms with Gasteiger partial charge in [0, 0.05) is 18.1 Å². The monoisotopic (exact) mass is 324 g/mol. The second-order valence-corrected chi connectivity index (χ2v) is 6.77. The highest BCUT2D eigenvalue weighted by Crippen LogP contribution is 2.34. The Hall–Kier alpha value is -2.54. The number of aromatic nitrogens is 5. The van der Waals surface area contributed by atoms with E-state index in [9.17, 15) is 0 Å². The van der Waals surface area contributed by atoms with E-state index in [1.165, 1.54) is 10.4 Å². The largest absolute Gasteiger partial charge is 0.351 e. The van der Waals surface area contributed by atoms with Crippen LogP contribution in [0.3, 0.4) is 0 Å². The van der Waals surface area contributed by atoms with E-state index in [1.54, 1.807) is 17.7 Å². The summed E-state index contributed by atoms with van der Waals surface area (Å²) in [6.45, 7) is 4.88. The Balaban J connectivity index is 1.76. The lowest BCUT2D eigenvalue weighted by Crippen LogP contribution is -2.20. The molecule has 4 heterocycles. The van der Waals surface area contributed by atoms with Crippen molar-refractivity contribution in [3.05, 3.63) is 47.0 Å². The van der Waals surface area contributed by atoms with Crippen LogP contribution in [-0.2, 0) is 6.54 Å². The average Bonchev–Trinajstić information content (AvgIpc) is 3.09. The lowest BCUT2D eigenvalue weighted by Gasteiger charge is -2.18. The summed E-state index contributed by atoms with van der Waals surface area (Å²) >= 11 is 1.71. The first-order chi connectivity index (χ1) is 11.1. The summed E-state index contributed by atoms with van der Waals surface area (Å²) in [5.74, 6) is 1.82. The number of aryl methyl sites for hydroxylation is 2. The number of anilines is 1. The van der Waals surface area contributed by atoms with Crippen molar-refractivity contribution in [2.75, 3.05) is 11.9 Å². The number of hydrogen-bond donors (Lipinski definition) is 0. The lowest BCUT2D eigenvalue weighted by molar-refractivity contribution is 0.811. The molecule has 0 saturated carbocycles. The number of fused-ring (bicyclic) bond motifs is 2. The summed E-state index contributed by atoms with van der Waals surface area (Å²) in [6, 6.07) is 5.89. The number of thiophene rings is 1. The highest BCUT2D eigenvalue weighted by Gasteiger charge is 2.16. The van der Waals surface area contributed by atoms with E-state index in [2.05, 4.69) is 38.9 Å². The number of nitrogens with zero attached hydrogens (tertiary/aromatic N) is 6. The summed E-state index contributed by atoms with van der Waals surface area (Å²) in [7, 11) is 2.03. The lowest BCUT2D eigenvalue weighted by atomic mass is 10.2. The first kappa shape index (κ1) is 14.1. The van der Waals surface area contributed by atoms with Crippen LogP contribution in [0.2, 0.25) is 0 Å². The van der Waals surface area contributed by atoms with Gasteiger partial charge in [-0.2, -0.15) is 0 Å². The highest BCUT2D eigenvalue weighted by atomic mass is 32.1. The van der Waals surface area contributed by atoms with E-state index < -0.39 is 0 Å². The number of hydrogen-bond acceptors (Lipinski definition) is 6. The van der Waals surface area contributed by atoms with Gasteiger partial charge in [0.15, 0.2) is 11.5 Å². The van der Waals surface area contributed by atoms with E-state index in [-0.39, 0.29) is 0 Å². The predicted octanol–water partition coefficient (Wildman–Crippen LogP) is 2.99. The molecule has 23 heavy (non-hydrogen) atoms. The molecule has 0 aliphatic rings. The SMILES string of the molecule is Cc1sc2ncnc(N(C)Cc3nnc4ccccn34)c2c1C. The molecule has 6 nitrogen and oxygen atoms in total. The van der Waals surface area contributed by atoms with Gasteiger partial charge < -0.3 is 4.90 Å². The molecular formula is C16H16N6S. The van der Waals surface area contributed by atoms with Crippen molar-refractivity contribution in [2.24, 2.45) is 0 Å². The summed E-state index contributed by atoms with van der Waals surface area (Å²) in [4.78, 5) is 13.3. The molecule has 0 saturated heterocycles. The Bertz CT molecular complexity index is 1000. The van der Waals surface area contributed by atoms with Crippen LogP contribution in [-0.4, -0.2) is 31.6 Å². The molecule has 0 bridgehead atoms. The fourth-order valence-corrected chi connectivity index (χ4v) is 3.73. The van der Waals surface area contributed by atoms with Crippen molar-refractivity contribution < 1.29 is 0 Å². The van der Waals surface area contributed by atoms with Crippen LogP contribution in [0.5, 0.6) is 0 Å². The Morgan fingerprint density at radius 1 is 1.17 bits per heavy atom. The van der Waals surface area contributed by atoms with Gasteiger partial charge in [0.25, 0.3) is 0 Å². The molecule has 0 atom stereocenters. The Kier molecular flexibility index (Phi) is 3.23. The quantitative estimate of drug-likeness (QED) is 0.580. The standard InChI is InChI=1S/C16H16N6S/c1-10-11(2)23-16-14(10)15(17-9-18-16)21(3)8-13-20-19-12-6-4-5-7-22(12)13/h4-7,9H,8H2,1-3H3. The molecule has 4 rings (SSSR count). The van der Waals surface area contributed by atoms with E-state index in [4.69, 9.17) is 0 Å². The maximum atomic E-state index is 4.51. The molecule has 4 aromatic heterocycles. The molecule has 116 valence electrons. The zero-order valence-electron chi connectivity index (χ0n) is 13.2. The third-order valence-corrected chi connectivity index (χ3v) is 5.19. The van der Waals surface area contributed by atoms with Gasteiger partial charge in [-0.15, -0.1) is 21.5 Å². The maximum absolute atomic E-state index is 4.51. The fourth-order valence-electron chi connectivity index (χ4n) is 2.74. The second-order valence-electron chi connectivity index (χ2n) is 5.56. The van der Waals surface area contributed by atoms with Crippen molar-refractivity contribution in [2.45, 2.75) is 20.4 Å². The Morgan fingerprint density at radius 3 is 2.91 bits per heavy atom. The topological polar surface area (TPSA) is 59.2 Å². The van der Waals surface area contributed by atoms with Crippen LogP contribution in [0.1, 0.15) is 16.3 Å². The van der Waals surface area contributed by atoms with Gasteiger partial charge >= 0.3 is 0 Å². The minimum Gasteiger partial charge on any atom is -0.351 e. The van der Waals surface area contributed by atoms with E-state index >= 15 is 0 Å². The molecule has 0 fully saturated rings. The zero-order valence-corrected chi connectivity index (χ0v) is 14.0. The zero-order chi connectivity index (χ0) is 16.0. The van der Waals surface area contributed by atoms with Crippen LogP contribution in [0.25, 0.3) is 15.9 Å². The third kappa shape index (κ3) is 2.24. The van der Waals surface area contributed by atoms with Crippen molar-refractivity contribution >= 4 is 33.0 Å². The number of pyridine rings is 1. The van der Waals surface area contributed by atoms with E-state index in [1.807, 2.05) is 35.8 Å². The Labute approximate surface area is 137 Å². The minimum atomic E-state index is 0.631. The molecule has 0 aromatic carbocycles. The van der Waals surface area contributed by atoms with E-state index in [0.29, 0.717) is 6.54 Å². The van der Waals surface area contributed by atoms with Gasteiger partial charge in [-0.3, -0.25) is 4.40 Å². The molecule has 0 aliphatic carbocycles. The summed E-state index contributed by atoms with van der Waals surface area (Å²) in [6.07, 6.45) is 3.61. The van der Waals surface area contributed by atoms with Crippen LogP contribution in [0, 0.1) is 13.8 Å². The molecule has 0 radical (unpaired) electrons. The van der Waals surface area contributed by atoms with Gasteiger partial charge in [-0.1, -0.05) is 6.07 Å². The molecule has 0 spiro atoms. The number of rotatable bonds is 3. The normalized spacial score (nSPS) is 11.4. The molecule has 4 aromatic rings. The highest BCUT2D eigenvalue weighted by molar-refractivity contribution is 7.18. The van der Waals surface area contributed by atoms with E-state index in [0.717, 1.165) is 27.5 Å². The molecule has 0 aliphatic heterocycles.